The Morgan fingerprint density at radius 1 is 0.531 bits per heavy atom. The third kappa shape index (κ3) is 4.80. The minimum atomic E-state index is 0.973. The van der Waals surface area contributed by atoms with Gasteiger partial charge in [0.1, 0.15) is 11.5 Å². The largest absolute Gasteiger partial charge is 0.495 e. The van der Waals surface area contributed by atoms with Crippen LogP contribution in [0.3, 0.4) is 0 Å². The van der Waals surface area contributed by atoms with Crippen LogP contribution in [-0.4, -0.2) is 14.2 Å². The zero-order chi connectivity index (χ0) is 22.5. The van der Waals surface area contributed by atoms with Crippen molar-refractivity contribution in [3.05, 3.63) is 58.7 Å². The first-order chi connectivity index (χ1) is 15.6. The Kier molecular flexibility index (Phi) is 7.40. The van der Waals surface area contributed by atoms with Crippen molar-refractivity contribution in [2.45, 2.75) is 78.1 Å². The van der Waals surface area contributed by atoms with Crippen molar-refractivity contribution in [2.24, 2.45) is 0 Å². The number of hydrogen-bond acceptors (Lipinski definition) is 2. The van der Waals surface area contributed by atoms with E-state index < -0.39 is 0 Å². The monoisotopic (exact) mass is 430 g/mol. The fourth-order valence-corrected chi connectivity index (χ4v) is 5.28. The Morgan fingerprint density at radius 2 is 0.906 bits per heavy atom. The first-order valence-electron chi connectivity index (χ1n) is 12.4. The number of ether oxygens (including phenoxy) is 2. The van der Waals surface area contributed by atoms with Crippen LogP contribution in [0.2, 0.25) is 0 Å². The summed E-state index contributed by atoms with van der Waals surface area (Å²) < 4.78 is 11.9. The summed E-state index contributed by atoms with van der Waals surface area (Å²) in [5.74, 6) is 1.95. The lowest BCUT2D eigenvalue weighted by molar-refractivity contribution is 0.423. The Morgan fingerprint density at radius 3 is 1.28 bits per heavy atom. The molecule has 0 saturated heterocycles. The molecule has 0 fully saturated rings. The number of aryl methyl sites for hydroxylation is 4. The highest BCUT2D eigenvalue weighted by Crippen LogP contribution is 2.37. The molecule has 3 aromatic rings. The average molecular weight is 431 g/mol. The van der Waals surface area contributed by atoms with Gasteiger partial charge >= 0.3 is 0 Å². The smallest absolute Gasteiger partial charge is 0.133 e. The van der Waals surface area contributed by atoms with Crippen LogP contribution in [-0.2, 0) is 12.8 Å². The molecule has 0 atom stereocenters. The maximum absolute atomic E-state index is 5.96. The Bertz CT molecular complexity index is 1040. The minimum Gasteiger partial charge on any atom is -0.495 e. The molecule has 2 heteroatoms. The molecular formula is C30H38O2. The fraction of sp³-hybridized carbons (Fsp3) is 0.467. The Labute approximate surface area is 193 Å². The highest BCUT2D eigenvalue weighted by atomic mass is 16.5. The summed E-state index contributed by atoms with van der Waals surface area (Å²) in [6, 6.07) is 13.8. The van der Waals surface area contributed by atoms with E-state index >= 15 is 0 Å². The van der Waals surface area contributed by atoms with Crippen molar-refractivity contribution in [3.63, 3.8) is 0 Å². The summed E-state index contributed by atoms with van der Waals surface area (Å²) in [6.45, 7) is 4.46. The van der Waals surface area contributed by atoms with E-state index in [2.05, 4.69) is 50.2 Å². The lowest BCUT2D eigenvalue weighted by Crippen LogP contribution is -1.96. The lowest BCUT2D eigenvalue weighted by atomic mass is 9.94. The summed E-state index contributed by atoms with van der Waals surface area (Å²) >= 11 is 0. The van der Waals surface area contributed by atoms with Gasteiger partial charge in [0.05, 0.1) is 14.2 Å². The maximum Gasteiger partial charge on any atom is 0.133 e. The minimum absolute atomic E-state index is 0.973. The number of hydrogen-bond donors (Lipinski definition) is 0. The quantitative estimate of drug-likeness (QED) is 0.406. The number of benzene rings is 2. The predicted molar refractivity (Wildman–Crippen MR) is 137 cm³/mol. The van der Waals surface area contributed by atoms with E-state index in [9.17, 15) is 0 Å². The van der Waals surface area contributed by atoms with Crippen LogP contribution in [0.5, 0.6) is 11.5 Å². The number of methoxy groups -OCH3 is 2. The molecule has 2 aliphatic rings. The van der Waals surface area contributed by atoms with E-state index in [0.717, 1.165) is 35.1 Å². The molecule has 32 heavy (non-hydrogen) atoms. The SMILES string of the molecule is COc1c2ccc3cc4cc(c(C)c(C)c1cc(c2)CCCCCCCCCC4)c3OC. The van der Waals surface area contributed by atoms with E-state index in [1.54, 1.807) is 14.2 Å². The Hall–Kier alpha value is -2.48. The second kappa shape index (κ2) is 10.4. The van der Waals surface area contributed by atoms with Gasteiger partial charge in [0, 0.05) is 21.5 Å². The van der Waals surface area contributed by atoms with Crippen molar-refractivity contribution < 1.29 is 9.47 Å². The zero-order valence-electron chi connectivity index (χ0n) is 20.4. The van der Waals surface area contributed by atoms with Crippen LogP contribution >= 0.6 is 0 Å². The van der Waals surface area contributed by atoms with Gasteiger partial charge in [0.15, 0.2) is 0 Å². The van der Waals surface area contributed by atoms with Crippen LogP contribution in [0, 0.1) is 13.8 Å². The van der Waals surface area contributed by atoms with E-state index in [1.165, 1.54) is 84.4 Å². The first kappa shape index (κ1) is 22.7. The summed E-state index contributed by atoms with van der Waals surface area (Å²) in [5, 5.41) is 4.73. The first-order valence-corrected chi connectivity index (χ1v) is 12.4. The number of rotatable bonds is 2. The third-order valence-electron chi connectivity index (χ3n) is 7.26. The van der Waals surface area contributed by atoms with E-state index in [1.807, 2.05) is 0 Å². The fourth-order valence-electron chi connectivity index (χ4n) is 5.28. The zero-order valence-corrected chi connectivity index (χ0v) is 20.4. The summed E-state index contributed by atoms with van der Waals surface area (Å²) in [5.41, 5.74) is 5.35. The van der Waals surface area contributed by atoms with Crippen molar-refractivity contribution >= 4 is 21.5 Å². The van der Waals surface area contributed by atoms with Crippen molar-refractivity contribution in [1.82, 2.24) is 0 Å². The summed E-state index contributed by atoms with van der Waals surface area (Å²) in [6.07, 6.45) is 12.9. The van der Waals surface area contributed by atoms with Gasteiger partial charge < -0.3 is 9.47 Å². The van der Waals surface area contributed by atoms with E-state index in [-0.39, 0.29) is 0 Å². The Balaban J connectivity index is 2.04. The standard InChI is InChI=1S/C30H38O2/c1-21-22(2)28-20-24-14-12-10-8-6-5-7-9-11-13-23-17-25(29(31-3)27(21)19-23)15-16-26(18-24)30(28)32-4/h15-20H,5-14H2,1-4H3. The average Bonchev–Trinajstić information content (AvgIpc) is 2.81. The molecule has 0 saturated carbocycles. The molecule has 0 heterocycles. The molecule has 0 radical (unpaired) electrons. The van der Waals surface area contributed by atoms with Crippen LogP contribution in [0.1, 0.15) is 73.6 Å². The molecule has 5 rings (SSSR count). The summed E-state index contributed by atoms with van der Waals surface area (Å²) in [4.78, 5) is 0. The molecule has 2 aliphatic carbocycles. The highest BCUT2D eigenvalue weighted by Gasteiger charge is 2.13. The third-order valence-corrected chi connectivity index (χ3v) is 7.26. The molecule has 6 bridgehead atoms. The van der Waals surface area contributed by atoms with Gasteiger partial charge in [-0.1, -0.05) is 50.7 Å². The van der Waals surface area contributed by atoms with Crippen LogP contribution < -0.4 is 9.47 Å². The molecule has 0 aromatic heterocycles. The molecule has 0 amide bonds. The normalized spacial score (nSPS) is 15.5. The van der Waals surface area contributed by atoms with Gasteiger partial charge in [0.25, 0.3) is 0 Å². The molecule has 2 nitrogen and oxygen atoms in total. The molecule has 0 spiro atoms. The van der Waals surface area contributed by atoms with Gasteiger partial charge in [0.2, 0.25) is 0 Å². The topological polar surface area (TPSA) is 18.5 Å². The second-order valence-corrected chi connectivity index (χ2v) is 9.44. The molecule has 0 N–H and O–H groups in total. The maximum atomic E-state index is 5.96. The molecular weight excluding hydrogens is 392 g/mol. The van der Waals surface area contributed by atoms with Gasteiger partial charge in [-0.15, -0.1) is 0 Å². The number of fused-ring (bicyclic) bond motifs is 11. The van der Waals surface area contributed by atoms with Gasteiger partial charge in [-0.3, -0.25) is 0 Å². The molecule has 170 valence electrons. The van der Waals surface area contributed by atoms with Crippen LogP contribution in [0.15, 0.2) is 36.4 Å². The van der Waals surface area contributed by atoms with E-state index in [0.29, 0.717) is 0 Å². The molecule has 3 aromatic carbocycles. The second-order valence-electron chi connectivity index (χ2n) is 9.44. The highest BCUT2D eigenvalue weighted by molar-refractivity contribution is 5.91. The molecule has 0 aliphatic heterocycles. The molecule has 0 unspecified atom stereocenters. The van der Waals surface area contributed by atoms with Crippen molar-refractivity contribution in [3.8, 4) is 11.5 Å². The van der Waals surface area contributed by atoms with Gasteiger partial charge in [-0.2, -0.15) is 0 Å². The van der Waals surface area contributed by atoms with Crippen LogP contribution in [0.4, 0.5) is 0 Å². The van der Waals surface area contributed by atoms with Gasteiger partial charge in [-0.25, -0.2) is 0 Å². The van der Waals surface area contributed by atoms with Gasteiger partial charge in [-0.05, 0) is 86.1 Å². The predicted octanol–water partition coefficient (Wildman–Crippen LogP) is 8.41. The van der Waals surface area contributed by atoms with Crippen molar-refractivity contribution in [2.75, 3.05) is 14.2 Å². The summed E-state index contributed by atoms with van der Waals surface area (Å²) in [7, 11) is 3.58. The van der Waals surface area contributed by atoms with E-state index in [4.69, 9.17) is 9.47 Å². The lowest BCUT2D eigenvalue weighted by Gasteiger charge is -2.15. The van der Waals surface area contributed by atoms with Crippen molar-refractivity contribution in [1.29, 1.82) is 0 Å². The van der Waals surface area contributed by atoms with Crippen LogP contribution in [0.25, 0.3) is 21.5 Å².